The second-order valence-electron chi connectivity index (χ2n) is 1.02. The number of rotatable bonds is 0. The normalized spacial score (nSPS) is 4.56. The molecule has 0 atom stereocenters. The molecule has 1 heteroatoms. The Hall–Kier alpha value is -0.640. The Balaban J connectivity index is -0.0000000771. The molecule has 0 aliphatic carbocycles. The lowest BCUT2D eigenvalue weighted by molar-refractivity contribution is 0.598. The molecule has 9 heavy (non-hydrogen) atoms. The van der Waals surface area contributed by atoms with Gasteiger partial charge < -0.3 is 4.90 Å². The van der Waals surface area contributed by atoms with Crippen molar-refractivity contribution in [3.63, 3.8) is 0 Å². The lowest BCUT2D eigenvalue weighted by Gasteiger charge is -1.93. The number of hydrogen-bond donors (Lipinski definition) is 0. The van der Waals surface area contributed by atoms with Crippen molar-refractivity contribution in [2.45, 2.75) is 27.7 Å². The summed E-state index contributed by atoms with van der Waals surface area (Å²) >= 11 is 0. The molecule has 0 heterocycles. The summed E-state index contributed by atoms with van der Waals surface area (Å²) in [5.41, 5.74) is 0. The quantitative estimate of drug-likeness (QED) is 0.358. The predicted molar refractivity (Wildman–Crippen MR) is 45.2 cm³/mol. The van der Waals surface area contributed by atoms with Crippen LogP contribution >= 0.6 is 0 Å². The molecule has 0 aromatic carbocycles. The molecule has 56 valence electrons. The topological polar surface area (TPSA) is 3.24 Å². The van der Waals surface area contributed by atoms with Crippen LogP contribution in [0.5, 0.6) is 0 Å². The van der Waals surface area contributed by atoms with E-state index in [-0.39, 0.29) is 0 Å². The van der Waals surface area contributed by atoms with Crippen molar-refractivity contribution in [2.75, 3.05) is 14.1 Å². The van der Waals surface area contributed by atoms with E-state index in [1.165, 1.54) is 0 Å². The molecule has 0 unspecified atom stereocenters. The Bertz CT molecular complexity index is 50.1. The van der Waals surface area contributed by atoms with Gasteiger partial charge in [-0.15, -0.1) is 0 Å². The lowest BCUT2D eigenvalue weighted by atomic mass is 10.9. The fraction of sp³-hybridized carbons (Fsp3) is 0.750. The second kappa shape index (κ2) is 26.4. The molecule has 0 aliphatic rings. The Morgan fingerprint density at radius 1 is 1.00 bits per heavy atom. The summed E-state index contributed by atoms with van der Waals surface area (Å²) in [6.07, 6.45) is 4.85. The summed E-state index contributed by atoms with van der Waals surface area (Å²) in [5.74, 6) is 0. The number of hydrogen-bond acceptors (Lipinski definition) is 1. The highest BCUT2D eigenvalue weighted by atomic mass is 15.0. The molecule has 0 rings (SSSR count). The van der Waals surface area contributed by atoms with Gasteiger partial charge in [-0.05, 0) is 0 Å². The van der Waals surface area contributed by atoms with Gasteiger partial charge in [0.05, 0.1) is 0 Å². The molecule has 1 nitrogen and oxygen atoms in total. The minimum Gasteiger partial charge on any atom is -0.339 e. The van der Waals surface area contributed by atoms with E-state index in [0.29, 0.717) is 0 Å². The third-order valence-corrected chi connectivity index (χ3v) is 0.258. The monoisotopic (exact) mass is 129 g/mol. The molecule has 0 aliphatic heterocycles. The van der Waals surface area contributed by atoms with Crippen LogP contribution in [0.1, 0.15) is 27.7 Å². The zero-order valence-electron chi connectivity index (χ0n) is 7.52. The van der Waals surface area contributed by atoms with Crippen LogP contribution < -0.4 is 0 Å². The highest BCUT2D eigenvalue weighted by molar-refractivity contribution is 4.78. The van der Waals surface area contributed by atoms with E-state index in [2.05, 4.69) is 6.04 Å². The van der Waals surface area contributed by atoms with Crippen LogP contribution in [0.3, 0.4) is 0 Å². The SMILES string of the molecule is C#CN(C)C.CC.CC. The standard InChI is InChI=1S/C4H7N.2C2H6/c1-4-5(2)3;2*1-2/h1H,2-3H3;2*1-2H3. The summed E-state index contributed by atoms with van der Waals surface area (Å²) in [6, 6.07) is 2.36. The smallest absolute Gasteiger partial charge is 0.0144 e. The van der Waals surface area contributed by atoms with E-state index in [1.54, 1.807) is 4.90 Å². The lowest BCUT2D eigenvalue weighted by Crippen LogP contribution is -1.99. The fourth-order valence-electron chi connectivity index (χ4n) is 0. The Morgan fingerprint density at radius 3 is 1.11 bits per heavy atom. The third-order valence-electron chi connectivity index (χ3n) is 0.258. The maximum absolute atomic E-state index is 4.85. The van der Waals surface area contributed by atoms with Crippen molar-refractivity contribution in [3.8, 4) is 12.5 Å². The van der Waals surface area contributed by atoms with Crippen LogP contribution in [0.15, 0.2) is 0 Å². The second-order valence-corrected chi connectivity index (χ2v) is 1.02. The molecule has 0 spiro atoms. The molecule has 0 amide bonds. The third kappa shape index (κ3) is 114. The highest BCUT2D eigenvalue weighted by Crippen LogP contribution is 1.56. The fourth-order valence-corrected chi connectivity index (χ4v) is 0. The maximum Gasteiger partial charge on any atom is 0.0144 e. The van der Waals surface area contributed by atoms with E-state index in [1.807, 2.05) is 41.8 Å². The number of nitrogens with zero attached hydrogens (tertiary/aromatic N) is 1. The molecule has 0 aromatic heterocycles. The van der Waals surface area contributed by atoms with E-state index >= 15 is 0 Å². The first-order valence-corrected chi connectivity index (χ1v) is 3.41. The average molecular weight is 129 g/mol. The van der Waals surface area contributed by atoms with Crippen LogP contribution in [0.4, 0.5) is 0 Å². The van der Waals surface area contributed by atoms with Crippen molar-refractivity contribution in [1.29, 1.82) is 0 Å². The minimum absolute atomic E-state index is 1.65. The van der Waals surface area contributed by atoms with Gasteiger partial charge in [-0.25, -0.2) is 0 Å². The average Bonchev–Trinajstić information content (AvgIpc) is 1.97. The van der Waals surface area contributed by atoms with Gasteiger partial charge in [-0.1, -0.05) is 34.1 Å². The van der Waals surface area contributed by atoms with Crippen molar-refractivity contribution in [2.24, 2.45) is 0 Å². The Kier molecular flexibility index (Phi) is 46.2. The molecule has 0 radical (unpaired) electrons. The van der Waals surface area contributed by atoms with Crippen molar-refractivity contribution in [3.05, 3.63) is 0 Å². The van der Waals surface area contributed by atoms with Crippen LogP contribution in [0.25, 0.3) is 0 Å². The largest absolute Gasteiger partial charge is 0.339 e. The molecule has 0 bridgehead atoms. The Morgan fingerprint density at radius 2 is 1.11 bits per heavy atom. The van der Waals surface area contributed by atoms with Gasteiger partial charge in [-0.2, -0.15) is 0 Å². The van der Waals surface area contributed by atoms with Crippen LogP contribution in [-0.4, -0.2) is 19.0 Å². The Labute approximate surface area is 60.1 Å². The molecule has 0 N–H and O–H groups in total. The summed E-state index contributed by atoms with van der Waals surface area (Å²) in [5, 5.41) is 0. The molecule has 0 aromatic rings. The molecule has 0 saturated heterocycles. The molecular formula is C8H19N. The molecule has 0 saturated carbocycles. The zero-order valence-corrected chi connectivity index (χ0v) is 7.52. The summed E-state index contributed by atoms with van der Waals surface area (Å²) in [6.45, 7) is 8.00. The van der Waals surface area contributed by atoms with Gasteiger partial charge in [0, 0.05) is 20.1 Å². The first-order valence-electron chi connectivity index (χ1n) is 3.41. The van der Waals surface area contributed by atoms with Crippen molar-refractivity contribution in [1.82, 2.24) is 4.90 Å². The van der Waals surface area contributed by atoms with Gasteiger partial charge >= 0.3 is 0 Å². The molecule has 0 fully saturated rings. The first kappa shape index (κ1) is 15.8. The zero-order chi connectivity index (χ0) is 8.28. The van der Waals surface area contributed by atoms with Crippen LogP contribution in [0, 0.1) is 12.5 Å². The van der Waals surface area contributed by atoms with Crippen LogP contribution in [0.2, 0.25) is 0 Å². The van der Waals surface area contributed by atoms with E-state index in [9.17, 15) is 0 Å². The van der Waals surface area contributed by atoms with Crippen molar-refractivity contribution < 1.29 is 0 Å². The van der Waals surface area contributed by atoms with E-state index < -0.39 is 0 Å². The molecular weight excluding hydrogens is 110 g/mol. The van der Waals surface area contributed by atoms with E-state index in [4.69, 9.17) is 6.42 Å². The van der Waals surface area contributed by atoms with Gasteiger partial charge in [0.25, 0.3) is 0 Å². The van der Waals surface area contributed by atoms with Gasteiger partial charge in [-0.3, -0.25) is 0 Å². The van der Waals surface area contributed by atoms with Gasteiger partial charge in [0.1, 0.15) is 0 Å². The predicted octanol–water partition coefficient (Wildman–Crippen LogP) is 2.19. The van der Waals surface area contributed by atoms with Crippen molar-refractivity contribution >= 4 is 0 Å². The summed E-state index contributed by atoms with van der Waals surface area (Å²) in [7, 11) is 3.64. The van der Waals surface area contributed by atoms with Gasteiger partial charge in [0.15, 0.2) is 0 Å². The minimum atomic E-state index is 1.65. The van der Waals surface area contributed by atoms with Crippen LogP contribution in [-0.2, 0) is 0 Å². The van der Waals surface area contributed by atoms with Gasteiger partial charge in [0.2, 0.25) is 0 Å². The van der Waals surface area contributed by atoms with E-state index in [0.717, 1.165) is 0 Å². The summed E-state index contributed by atoms with van der Waals surface area (Å²) in [4.78, 5) is 1.65. The first-order chi connectivity index (χ1) is 4.27. The highest BCUT2D eigenvalue weighted by Gasteiger charge is 1.62. The maximum atomic E-state index is 4.85. The number of terminal acetylenes is 1. The summed E-state index contributed by atoms with van der Waals surface area (Å²) < 4.78 is 0.